The number of halogens is 1. The van der Waals surface area contributed by atoms with Crippen molar-refractivity contribution < 1.29 is 9.21 Å². The van der Waals surface area contributed by atoms with Crippen LogP contribution in [0.4, 0.5) is 0 Å². The molecule has 0 spiro atoms. The van der Waals surface area contributed by atoms with Gasteiger partial charge < -0.3 is 9.73 Å². The van der Waals surface area contributed by atoms with E-state index in [2.05, 4.69) is 5.32 Å². The van der Waals surface area contributed by atoms with Crippen LogP contribution >= 0.6 is 11.6 Å². The van der Waals surface area contributed by atoms with E-state index in [1.54, 1.807) is 13.0 Å². The van der Waals surface area contributed by atoms with Crippen LogP contribution in [0, 0.1) is 13.8 Å². The highest BCUT2D eigenvalue weighted by atomic mass is 35.5. The highest BCUT2D eigenvalue weighted by Gasteiger charge is 2.18. The summed E-state index contributed by atoms with van der Waals surface area (Å²) in [6.45, 7) is 5.67. The van der Waals surface area contributed by atoms with Gasteiger partial charge in [-0.2, -0.15) is 0 Å². The molecule has 1 atom stereocenters. The monoisotopic (exact) mass is 291 g/mol. The molecule has 2 aromatic rings. The van der Waals surface area contributed by atoms with Crippen LogP contribution in [-0.4, -0.2) is 5.91 Å². The normalized spacial score (nSPS) is 12.2. The van der Waals surface area contributed by atoms with Gasteiger partial charge in [-0.1, -0.05) is 30.7 Å². The molecule has 0 aliphatic heterocycles. The lowest BCUT2D eigenvalue weighted by Crippen LogP contribution is -2.28. The number of rotatable bonds is 4. The number of aryl methyl sites for hydroxylation is 2. The number of benzene rings is 1. The van der Waals surface area contributed by atoms with Crippen LogP contribution in [0.15, 0.2) is 34.7 Å². The second-order valence-corrected chi connectivity index (χ2v) is 5.25. The molecule has 0 aliphatic rings. The number of furan rings is 1. The van der Waals surface area contributed by atoms with E-state index in [0.717, 1.165) is 17.7 Å². The van der Waals surface area contributed by atoms with E-state index in [4.69, 9.17) is 16.0 Å². The van der Waals surface area contributed by atoms with Crippen molar-refractivity contribution in [3.63, 3.8) is 0 Å². The van der Waals surface area contributed by atoms with Gasteiger partial charge in [0.2, 0.25) is 0 Å². The highest BCUT2D eigenvalue weighted by Crippen LogP contribution is 2.21. The summed E-state index contributed by atoms with van der Waals surface area (Å²) in [5.41, 5.74) is 1.64. The number of hydrogen-bond donors (Lipinski definition) is 1. The summed E-state index contributed by atoms with van der Waals surface area (Å²) in [7, 11) is 0. The molecule has 1 aromatic carbocycles. The maximum atomic E-state index is 12.3. The molecule has 4 heteroatoms. The molecule has 1 heterocycles. The predicted molar refractivity (Wildman–Crippen MR) is 80.1 cm³/mol. The van der Waals surface area contributed by atoms with Crippen LogP contribution in [0.2, 0.25) is 5.02 Å². The van der Waals surface area contributed by atoms with Crippen molar-refractivity contribution >= 4 is 17.5 Å². The first kappa shape index (κ1) is 14.7. The van der Waals surface area contributed by atoms with E-state index in [9.17, 15) is 4.79 Å². The molecule has 106 valence electrons. The van der Waals surface area contributed by atoms with Crippen molar-refractivity contribution in [2.24, 2.45) is 0 Å². The minimum absolute atomic E-state index is 0.0330. The molecule has 0 aliphatic carbocycles. The van der Waals surface area contributed by atoms with Crippen LogP contribution in [0.1, 0.15) is 46.8 Å². The third-order valence-electron chi connectivity index (χ3n) is 3.27. The smallest absolute Gasteiger partial charge is 0.255 e. The maximum Gasteiger partial charge on any atom is 0.255 e. The Labute approximate surface area is 123 Å². The third kappa shape index (κ3) is 3.23. The molecule has 0 saturated carbocycles. The minimum atomic E-state index is -0.110. The maximum absolute atomic E-state index is 12.3. The number of nitrogens with one attached hydrogen (secondary N) is 1. The van der Waals surface area contributed by atoms with Crippen molar-refractivity contribution in [3.8, 4) is 0 Å². The van der Waals surface area contributed by atoms with Crippen LogP contribution < -0.4 is 5.32 Å². The van der Waals surface area contributed by atoms with Crippen molar-refractivity contribution in [1.29, 1.82) is 0 Å². The number of amides is 1. The second kappa shape index (κ2) is 6.14. The molecule has 1 N–H and O–H groups in total. The zero-order valence-corrected chi connectivity index (χ0v) is 12.6. The fourth-order valence-electron chi connectivity index (χ4n) is 2.21. The van der Waals surface area contributed by atoms with Gasteiger partial charge in [-0.15, -0.1) is 0 Å². The Balaban J connectivity index is 2.16. The zero-order chi connectivity index (χ0) is 14.7. The Bertz CT molecular complexity index is 601. The zero-order valence-electron chi connectivity index (χ0n) is 11.9. The molecule has 1 aromatic heterocycles. The van der Waals surface area contributed by atoms with Gasteiger partial charge in [-0.25, -0.2) is 0 Å². The van der Waals surface area contributed by atoms with Crippen molar-refractivity contribution in [2.75, 3.05) is 0 Å². The molecule has 1 unspecified atom stereocenters. The van der Waals surface area contributed by atoms with Crippen molar-refractivity contribution in [3.05, 3.63) is 58.0 Å². The summed E-state index contributed by atoms with van der Waals surface area (Å²) in [5, 5.41) is 3.72. The Morgan fingerprint density at radius 2 is 1.95 bits per heavy atom. The van der Waals surface area contributed by atoms with Gasteiger partial charge in [0.1, 0.15) is 11.5 Å². The first-order chi connectivity index (χ1) is 9.51. The second-order valence-electron chi connectivity index (χ2n) is 4.81. The molecule has 20 heavy (non-hydrogen) atoms. The average molecular weight is 292 g/mol. The summed E-state index contributed by atoms with van der Waals surface area (Å²) in [6, 6.07) is 9.26. The highest BCUT2D eigenvalue weighted by molar-refractivity contribution is 6.30. The lowest BCUT2D eigenvalue weighted by Gasteiger charge is -2.17. The number of carbonyl (C=O) groups is 1. The molecule has 0 radical (unpaired) electrons. The SMILES string of the molecule is CCC(NC(=O)c1cc(C)oc1C)c1ccc(Cl)cc1. The summed E-state index contributed by atoms with van der Waals surface area (Å²) in [4.78, 5) is 12.3. The molecular weight excluding hydrogens is 274 g/mol. The molecule has 2 rings (SSSR count). The largest absolute Gasteiger partial charge is 0.466 e. The van der Waals surface area contributed by atoms with E-state index in [1.165, 1.54) is 0 Å². The summed E-state index contributed by atoms with van der Waals surface area (Å²) >= 11 is 5.88. The van der Waals surface area contributed by atoms with Gasteiger partial charge in [0.15, 0.2) is 0 Å². The van der Waals surface area contributed by atoms with E-state index < -0.39 is 0 Å². The first-order valence-corrected chi connectivity index (χ1v) is 7.02. The summed E-state index contributed by atoms with van der Waals surface area (Å²) in [5.74, 6) is 1.28. The summed E-state index contributed by atoms with van der Waals surface area (Å²) in [6.07, 6.45) is 0.809. The molecule has 0 fully saturated rings. The Morgan fingerprint density at radius 3 is 2.45 bits per heavy atom. The van der Waals surface area contributed by atoms with Gasteiger partial charge in [0.05, 0.1) is 11.6 Å². The first-order valence-electron chi connectivity index (χ1n) is 6.64. The Hall–Kier alpha value is -1.74. The molecule has 0 bridgehead atoms. The Kier molecular flexibility index (Phi) is 4.50. The lowest BCUT2D eigenvalue weighted by atomic mass is 10.0. The molecular formula is C16H18ClNO2. The van der Waals surface area contributed by atoms with E-state index in [1.807, 2.05) is 38.1 Å². The molecule has 0 saturated heterocycles. The van der Waals surface area contributed by atoms with Crippen molar-refractivity contribution in [1.82, 2.24) is 5.32 Å². The summed E-state index contributed by atoms with van der Waals surface area (Å²) < 4.78 is 5.39. The van der Waals surface area contributed by atoms with Crippen molar-refractivity contribution in [2.45, 2.75) is 33.2 Å². The van der Waals surface area contributed by atoms with E-state index >= 15 is 0 Å². The van der Waals surface area contributed by atoms with E-state index in [-0.39, 0.29) is 11.9 Å². The molecule has 1 amide bonds. The van der Waals surface area contributed by atoms with Crippen LogP contribution in [0.5, 0.6) is 0 Å². The van der Waals surface area contributed by atoms with Gasteiger partial charge >= 0.3 is 0 Å². The fraction of sp³-hybridized carbons (Fsp3) is 0.312. The standard InChI is InChI=1S/C16H18ClNO2/c1-4-15(12-5-7-13(17)8-6-12)18-16(19)14-9-10(2)20-11(14)3/h5-9,15H,4H2,1-3H3,(H,18,19). The molecule has 3 nitrogen and oxygen atoms in total. The van der Waals surface area contributed by atoms with Crippen LogP contribution in [-0.2, 0) is 0 Å². The number of hydrogen-bond acceptors (Lipinski definition) is 2. The third-order valence-corrected chi connectivity index (χ3v) is 3.52. The van der Waals surface area contributed by atoms with Crippen LogP contribution in [0.3, 0.4) is 0 Å². The van der Waals surface area contributed by atoms with Gasteiger partial charge in [-0.3, -0.25) is 4.79 Å². The fourth-order valence-corrected chi connectivity index (χ4v) is 2.33. The minimum Gasteiger partial charge on any atom is -0.466 e. The predicted octanol–water partition coefficient (Wildman–Crippen LogP) is 4.43. The van der Waals surface area contributed by atoms with Gasteiger partial charge in [-0.05, 0) is 44.0 Å². The van der Waals surface area contributed by atoms with E-state index in [0.29, 0.717) is 16.3 Å². The van der Waals surface area contributed by atoms with Crippen LogP contribution in [0.25, 0.3) is 0 Å². The topological polar surface area (TPSA) is 42.2 Å². The number of carbonyl (C=O) groups excluding carboxylic acids is 1. The van der Waals surface area contributed by atoms with Gasteiger partial charge in [0, 0.05) is 5.02 Å². The Morgan fingerprint density at radius 1 is 1.30 bits per heavy atom. The lowest BCUT2D eigenvalue weighted by molar-refractivity contribution is 0.0934. The quantitative estimate of drug-likeness (QED) is 0.905. The van der Waals surface area contributed by atoms with Gasteiger partial charge in [0.25, 0.3) is 5.91 Å². The average Bonchev–Trinajstić information content (AvgIpc) is 2.76.